The number of thiocarbonyl (C=S) groups is 1. The number of benzene rings is 2. The Hall–Kier alpha value is -2.33. The Morgan fingerprint density at radius 3 is 2.07 bits per heavy atom. The van der Waals surface area contributed by atoms with E-state index >= 15 is 0 Å². The molecule has 2 N–H and O–H groups in total. The highest BCUT2D eigenvalue weighted by Crippen LogP contribution is 2.38. The average Bonchev–Trinajstić information content (AvgIpc) is 2.99. The lowest BCUT2D eigenvalue weighted by Crippen LogP contribution is -2.42. The van der Waals surface area contributed by atoms with Crippen LogP contribution in [0.2, 0.25) is 0 Å². The Morgan fingerprint density at radius 1 is 0.967 bits per heavy atom. The lowest BCUT2D eigenvalue weighted by molar-refractivity contribution is -0.143. The summed E-state index contributed by atoms with van der Waals surface area (Å²) >= 11 is 5.21. The van der Waals surface area contributed by atoms with Gasteiger partial charge >= 0.3 is 12.4 Å². The molecule has 0 fully saturated rings. The molecule has 0 saturated carbocycles. The van der Waals surface area contributed by atoms with Gasteiger partial charge in [-0.3, -0.25) is 0 Å². The smallest absolute Gasteiger partial charge is 0.354 e. The van der Waals surface area contributed by atoms with Crippen molar-refractivity contribution in [2.45, 2.75) is 30.9 Å². The zero-order valence-electron chi connectivity index (χ0n) is 16.0. The molecule has 3 nitrogen and oxygen atoms in total. The van der Waals surface area contributed by atoms with Crippen molar-refractivity contribution in [2.75, 3.05) is 19.4 Å². The first-order valence-corrected chi connectivity index (χ1v) is 9.38. The molecule has 30 heavy (non-hydrogen) atoms. The maximum absolute atomic E-state index is 13.1. The maximum atomic E-state index is 13.1. The van der Waals surface area contributed by atoms with E-state index in [0.29, 0.717) is 12.1 Å². The molecule has 2 atom stereocenters. The van der Waals surface area contributed by atoms with Crippen LogP contribution in [0, 0.1) is 0 Å². The molecule has 1 unspecified atom stereocenters. The fourth-order valence-electron chi connectivity index (χ4n) is 3.56. The number of anilines is 1. The van der Waals surface area contributed by atoms with E-state index in [4.69, 9.17) is 12.2 Å². The third kappa shape index (κ3) is 4.86. The largest absolute Gasteiger partial charge is 0.416 e. The van der Waals surface area contributed by atoms with Crippen LogP contribution in [0.3, 0.4) is 0 Å². The number of nitrogens with zero attached hydrogens (tertiary/aromatic N) is 1. The molecule has 10 heteroatoms. The summed E-state index contributed by atoms with van der Waals surface area (Å²) in [5.41, 5.74) is -1.10. The molecule has 0 aromatic heterocycles. The molecule has 0 heterocycles. The maximum Gasteiger partial charge on any atom is 0.416 e. The van der Waals surface area contributed by atoms with Gasteiger partial charge in [0.25, 0.3) is 0 Å². The van der Waals surface area contributed by atoms with Gasteiger partial charge in [0.15, 0.2) is 5.11 Å². The van der Waals surface area contributed by atoms with Crippen LogP contribution in [0.15, 0.2) is 42.5 Å². The monoisotopic (exact) mass is 447 g/mol. The number of likely N-dealkylation sites (N-methyl/N-ethyl adjacent to an activating group) is 1. The van der Waals surface area contributed by atoms with Gasteiger partial charge in [-0.2, -0.15) is 26.3 Å². The molecule has 1 aliphatic carbocycles. The first-order valence-electron chi connectivity index (χ1n) is 8.97. The second-order valence-corrected chi connectivity index (χ2v) is 7.71. The van der Waals surface area contributed by atoms with E-state index in [1.54, 1.807) is 0 Å². The highest BCUT2D eigenvalue weighted by molar-refractivity contribution is 7.80. The molecular weight excluding hydrogens is 428 g/mol. The Kier molecular flexibility index (Phi) is 6.01. The summed E-state index contributed by atoms with van der Waals surface area (Å²) in [6, 6.07) is 8.73. The standard InChI is InChI=1S/C20H19F6N3S/c1-29(2)16-7-11-5-3-4-6-15(11)17(16)28-18(30)27-14-9-12(19(21,22)23)8-13(10-14)20(24,25)26/h3-6,8-10,16-17H,7H2,1-2H3,(H2,27,28,30)/t16-,17?/m1/s1. The molecule has 0 bridgehead atoms. The van der Waals surface area contributed by atoms with Gasteiger partial charge in [-0.15, -0.1) is 0 Å². The number of fused-ring (bicyclic) bond motifs is 1. The van der Waals surface area contributed by atoms with Gasteiger partial charge in [0.1, 0.15) is 0 Å². The number of halogens is 6. The zero-order valence-corrected chi connectivity index (χ0v) is 16.8. The predicted molar refractivity (Wildman–Crippen MR) is 106 cm³/mol. The highest BCUT2D eigenvalue weighted by Gasteiger charge is 2.37. The van der Waals surface area contributed by atoms with Crippen molar-refractivity contribution in [3.05, 3.63) is 64.7 Å². The quantitative estimate of drug-likeness (QED) is 0.497. The van der Waals surface area contributed by atoms with Crippen LogP contribution >= 0.6 is 12.2 Å². The van der Waals surface area contributed by atoms with Gasteiger partial charge in [-0.1, -0.05) is 24.3 Å². The van der Waals surface area contributed by atoms with E-state index in [2.05, 4.69) is 10.6 Å². The minimum absolute atomic E-state index is 0.0226. The van der Waals surface area contributed by atoms with Crippen LogP contribution in [-0.2, 0) is 18.8 Å². The van der Waals surface area contributed by atoms with Gasteiger partial charge in [-0.25, -0.2) is 0 Å². The Balaban J connectivity index is 1.85. The summed E-state index contributed by atoms with van der Waals surface area (Å²) in [6.45, 7) is 0. The molecule has 0 amide bonds. The first kappa shape index (κ1) is 22.4. The second-order valence-electron chi connectivity index (χ2n) is 7.30. The fourth-order valence-corrected chi connectivity index (χ4v) is 3.81. The van der Waals surface area contributed by atoms with E-state index in [9.17, 15) is 26.3 Å². The van der Waals surface area contributed by atoms with Crippen LogP contribution < -0.4 is 10.6 Å². The lowest BCUT2D eigenvalue weighted by Gasteiger charge is -2.28. The molecule has 3 rings (SSSR count). The average molecular weight is 447 g/mol. The molecule has 162 valence electrons. The third-order valence-corrected chi connectivity index (χ3v) is 5.22. The van der Waals surface area contributed by atoms with Crippen molar-refractivity contribution in [1.29, 1.82) is 0 Å². The van der Waals surface area contributed by atoms with Crippen LogP contribution in [0.5, 0.6) is 0 Å². The number of hydrogen-bond acceptors (Lipinski definition) is 2. The van der Waals surface area contributed by atoms with E-state index in [1.165, 1.54) is 0 Å². The Labute approximate surface area is 175 Å². The summed E-state index contributed by atoms with van der Waals surface area (Å²) in [4.78, 5) is 1.99. The zero-order chi connectivity index (χ0) is 22.3. The number of rotatable bonds is 3. The van der Waals surface area contributed by atoms with E-state index < -0.39 is 23.5 Å². The molecule has 1 aliphatic rings. The van der Waals surface area contributed by atoms with Crippen molar-refractivity contribution in [1.82, 2.24) is 10.2 Å². The first-order chi connectivity index (χ1) is 13.9. The normalized spacial score (nSPS) is 19.0. The van der Waals surface area contributed by atoms with Crippen molar-refractivity contribution >= 4 is 23.0 Å². The molecule has 0 spiro atoms. The number of alkyl halides is 6. The van der Waals surface area contributed by atoms with Crippen LogP contribution in [0.4, 0.5) is 32.0 Å². The molecule has 0 aliphatic heterocycles. The van der Waals surface area contributed by atoms with Crippen molar-refractivity contribution < 1.29 is 26.3 Å². The van der Waals surface area contributed by atoms with Crippen LogP contribution in [0.1, 0.15) is 28.3 Å². The van der Waals surface area contributed by atoms with Crippen molar-refractivity contribution in [3.63, 3.8) is 0 Å². The van der Waals surface area contributed by atoms with Gasteiger partial charge in [-0.05, 0) is 62.1 Å². The molecule has 2 aromatic rings. The van der Waals surface area contributed by atoms with Crippen molar-refractivity contribution in [3.8, 4) is 0 Å². The Morgan fingerprint density at radius 2 is 1.53 bits per heavy atom. The second kappa shape index (κ2) is 8.07. The van der Waals surface area contributed by atoms with E-state index in [-0.39, 0.29) is 28.9 Å². The SMILES string of the molecule is CN(C)[C@@H]1Cc2ccccc2C1NC(=S)Nc1cc(C(F)(F)F)cc(C(F)(F)F)c1. The molecule has 0 radical (unpaired) electrons. The Bertz CT molecular complexity index is 907. The van der Waals surface area contributed by atoms with Crippen molar-refractivity contribution in [2.24, 2.45) is 0 Å². The van der Waals surface area contributed by atoms with E-state index in [1.807, 2.05) is 43.3 Å². The molecule has 0 saturated heterocycles. The summed E-state index contributed by atoms with van der Waals surface area (Å²) in [5, 5.41) is 5.47. The van der Waals surface area contributed by atoms with Gasteiger partial charge in [0.2, 0.25) is 0 Å². The number of nitrogens with one attached hydrogen (secondary N) is 2. The van der Waals surface area contributed by atoms with Gasteiger partial charge < -0.3 is 15.5 Å². The molecule has 2 aromatic carbocycles. The minimum atomic E-state index is -4.92. The fraction of sp³-hybridized carbons (Fsp3) is 0.350. The highest BCUT2D eigenvalue weighted by atomic mass is 32.1. The number of hydrogen-bond donors (Lipinski definition) is 2. The summed E-state index contributed by atoms with van der Waals surface area (Å²) in [6.07, 6.45) is -9.11. The molecular formula is C20H19F6N3S. The summed E-state index contributed by atoms with van der Waals surface area (Å²) < 4.78 is 78.3. The van der Waals surface area contributed by atoms with Crippen LogP contribution in [0.25, 0.3) is 0 Å². The minimum Gasteiger partial charge on any atom is -0.354 e. The van der Waals surface area contributed by atoms with Gasteiger partial charge in [0.05, 0.1) is 17.2 Å². The predicted octanol–water partition coefficient (Wildman–Crippen LogP) is 5.24. The third-order valence-electron chi connectivity index (χ3n) is 5.00. The summed E-state index contributed by atoms with van der Waals surface area (Å²) in [5.74, 6) is 0. The summed E-state index contributed by atoms with van der Waals surface area (Å²) in [7, 11) is 3.79. The van der Waals surface area contributed by atoms with Gasteiger partial charge in [0, 0.05) is 11.7 Å². The van der Waals surface area contributed by atoms with Crippen LogP contribution in [-0.4, -0.2) is 30.1 Å². The van der Waals surface area contributed by atoms with E-state index in [0.717, 1.165) is 17.5 Å². The lowest BCUT2D eigenvalue weighted by atomic mass is 10.1. The topological polar surface area (TPSA) is 27.3 Å².